The first-order valence-corrected chi connectivity index (χ1v) is 6.35. The van der Waals surface area contributed by atoms with E-state index >= 15 is 0 Å². The lowest BCUT2D eigenvalue weighted by Crippen LogP contribution is -2.35. The van der Waals surface area contributed by atoms with Gasteiger partial charge in [-0.2, -0.15) is 0 Å². The van der Waals surface area contributed by atoms with Gasteiger partial charge in [0.15, 0.2) is 0 Å². The van der Waals surface area contributed by atoms with E-state index in [0.29, 0.717) is 10.7 Å². The highest BCUT2D eigenvalue weighted by Crippen LogP contribution is 2.56. The number of hydrogen-bond acceptors (Lipinski definition) is 0. The molecule has 0 spiro atoms. The standard InChI is InChI=1S/C13H24B/c1-12(2,3)10-13-8-4-6-11(14-13)7-5-9-13/h11H,4-10H2,1-3H3. The average molecular weight is 191 g/mol. The summed E-state index contributed by atoms with van der Waals surface area (Å²) >= 11 is 0. The van der Waals surface area contributed by atoms with Crippen LogP contribution in [0.15, 0.2) is 0 Å². The van der Waals surface area contributed by atoms with E-state index in [1.807, 2.05) is 0 Å². The lowest BCUT2D eigenvalue weighted by molar-refractivity contribution is 0.243. The molecule has 0 unspecified atom stereocenters. The molecule has 0 aliphatic carbocycles. The van der Waals surface area contributed by atoms with E-state index in [2.05, 4.69) is 28.1 Å². The van der Waals surface area contributed by atoms with Crippen LogP contribution in [0.4, 0.5) is 0 Å². The second-order valence-electron chi connectivity index (χ2n) is 6.81. The fourth-order valence-corrected chi connectivity index (χ4v) is 3.83. The van der Waals surface area contributed by atoms with Crippen LogP contribution in [0.3, 0.4) is 0 Å². The Labute approximate surface area is 90.1 Å². The zero-order valence-electron chi connectivity index (χ0n) is 10.1. The van der Waals surface area contributed by atoms with Gasteiger partial charge in [-0.25, -0.2) is 0 Å². The Morgan fingerprint density at radius 1 is 1.14 bits per heavy atom. The van der Waals surface area contributed by atoms with Gasteiger partial charge in [0, 0.05) is 0 Å². The summed E-state index contributed by atoms with van der Waals surface area (Å²) in [7, 11) is 2.74. The molecule has 1 heteroatoms. The average Bonchev–Trinajstić information content (AvgIpc) is 1.99. The second-order valence-corrected chi connectivity index (χ2v) is 6.81. The molecule has 14 heavy (non-hydrogen) atoms. The van der Waals surface area contributed by atoms with E-state index in [-0.39, 0.29) is 0 Å². The molecule has 0 saturated carbocycles. The molecule has 2 fully saturated rings. The van der Waals surface area contributed by atoms with Crippen LogP contribution in [0.1, 0.15) is 65.7 Å². The second kappa shape index (κ2) is 3.57. The molecule has 0 N–H and O–H groups in total. The molecule has 2 aliphatic heterocycles. The van der Waals surface area contributed by atoms with Gasteiger partial charge in [0.1, 0.15) is 7.28 Å². The fourth-order valence-electron chi connectivity index (χ4n) is 3.83. The first-order chi connectivity index (χ1) is 6.49. The molecule has 2 saturated heterocycles. The predicted molar refractivity (Wildman–Crippen MR) is 64.0 cm³/mol. The fraction of sp³-hybridized carbons (Fsp3) is 1.00. The molecule has 0 atom stereocenters. The zero-order chi connectivity index (χ0) is 10.2. The van der Waals surface area contributed by atoms with Crippen molar-refractivity contribution in [2.45, 2.75) is 76.8 Å². The summed E-state index contributed by atoms with van der Waals surface area (Å²) in [6.07, 6.45) is 10.3. The summed E-state index contributed by atoms with van der Waals surface area (Å²) in [4.78, 5) is 0. The minimum Gasteiger partial charge on any atom is -0.0682 e. The highest BCUT2D eigenvalue weighted by Gasteiger charge is 2.41. The normalized spacial score (nSPS) is 37.8. The van der Waals surface area contributed by atoms with E-state index in [4.69, 9.17) is 0 Å². The molecule has 0 nitrogen and oxygen atoms in total. The third-order valence-electron chi connectivity index (χ3n) is 3.97. The summed E-state index contributed by atoms with van der Waals surface area (Å²) in [5.74, 6) is 0.972. The molecule has 79 valence electrons. The van der Waals surface area contributed by atoms with E-state index in [1.165, 1.54) is 44.9 Å². The Balaban J connectivity index is 2.05. The monoisotopic (exact) mass is 191 g/mol. The van der Waals surface area contributed by atoms with Gasteiger partial charge in [0.2, 0.25) is 0 Å². The minimum absolute atomic E-state index is 0.510. The Morgan fingerprint density at radius 3 is 2.21 bits per heavy atom. The first-order valence-electron chi connectivity index (χ1n) is 6.35. The van der Waals surface area contributed by atoms with Gasteiger partial charge in [-0.05, 0) is 11.8 Å². The molecular formula is C13H24B. The van der Waals surface area contributed by atoms with E-state index < -0.39 is 0 Å². The maximum Gasteiger partial charge on any atom is 0.122 e. The van der Waals surface area contributed by atoms with Gasteiger partial charge in [0.25, 0.3) is 0 Å². The van der Waals surface area contributed by atoms with Crippen molar-refractivity contribution in [1.82, 2.24) is 0 Å². The van der Waals surface area contributed by atoms with Gasteiger partial charge in [-0.1, -0.05) is 70.4 Å². The van der Waals surface area contributed by atoms with Crippen LogP contribution in [0.2, 0.25) is 11.1 Å². The van der Waals surface area contributed by atoms with Crippen LogP contribution in [-0.4, -0.2) is 7.28 Å². The Hall–Kier alpha value is 0.0649. The van der Waals surface area contributed by atoms with Gasteiger partial charge in [0.05, 0.1) is 0 Å². The van der Waals surface area contributed by atoms with Crippen LogP contribution < -0.4 is 0 Å². The lowest BCUT2D eigenvalue weighted by atomic mass is 9.34. The van der Waals surface area contributed by atoms with E-state index in [1.54, 1.807) is 0 Å². The van der Waals surface area contributed by atoms with Crippen molar-refractivity contribution in [2.75, 3.05) is 0 Å². The molecule has 2 heterocycles. The maximum atomic E-state index is 2.74. The molecule has 0 aromatic rings. The van der Waals surface area contributed by atoms with Crippen molar-refractivity contribution in [2.24, 2.45) is 5.41 Å². The van der Waals surface area contributed by atoms with Crippen LogP contribution in [0, 0.1) is 5.41 Å². The molecule has 0 aromatic heterocycles. The maximum absolute atomic E-state index is 2.74. The topological polar surface area (TPSA) is 0 Å². The number of fused-ring (bicyclic) bond motifs is 2. The van der Waals surface area contributed by atoms with Crippen LogP contribution in [-0.2, 0) is 0 Å². The quantitative estimate of drug-likeness (QED) is 0.537. The van der Waals surface area contributed by atoms with Crippen molar-refractivity contribution >= 4 is 7.28 Å². The summed E-state index contributed by atoms with van der Waals surface area (Å²) in [6, 6.07) is 0. The smallest absolute Gasteiger partial charge is 0.0682 e. The molecule has 0 amide bonds. The first kappa shape index (κ1) is 10.6. The summed E-state index contributed by atoms with van der Waals surface area (Å²) < 4.78 is 0. The van der Waals surface area contributed by atoms with Gasteiger partial charge >= 0.3 is 0 Å². The SMILES string of the molecule is CC(C)(C)CC12[B]C(CCC1)CCC2. The van der Waals surface area contributed by atoms with Crippen molar-refractivity contribution in [1.29, 1.82) is 0 Å². The third-order valence-corrected chi connectivity index (χ3v) is 3.97. The molecule has 0 aromatic carbocycles. The van der Waals surface area contributed by atoms with Crippen LogP contribution in [0.5, 0.6) is 0 Å². The van der Waals surface area contributed by atoms with Crippen molar-refractivity contribution in [3.63, 3.8) is 0 Å². The summed E-state index contributed by atoms with van der Waals surface area (Å²) in [6.45, 7) is 7.19. The summed E-state index contributed by atoms with van der Waals surface area (Å²) in [5, 5.41) is 0.638. The zero-order valence-corrected chi connectivity index (χ0v) is 10.1. The Bertz CT molecular complexity index is 192. The summed E-state index contributed by atoms with van der Waals surface area (Å²) in [5.41, 5.74) is 0.510. The minimum atomic E-state index is 0.510. The van der Waals surface area contributed by atoms with Gasteiger partial charge < -0.3 is 0 Å². The number of hydrogen-bond donors (Lipinski definition) is 0. The highest BCUT2D eigenvalue weighted by atomic mass is 14.4. The van der Waals surface area contributed by atoms with E-state index in [9.17, 15) is 0 Å². The van der Waals surface area contributed by atoms with Crippen LogP contribution in [0.25, 0.3) is 0 Å². The predicted octanol–water partition coefficient (Wildman–Crippen LogP) is 4.44. The van der Waals surface area contributed by atoms with Crippen molar-refractivity contribution in [3.05, 3.63) is 0 Å². The molecule has 2 rings (SSSR count). The third kappa shape index (κ3) is 2.35. The molecular weight excluding hydrogens is 167 g/mol. The van der Waals surface area contributed by atoms with Crippen molar-refractivity contribution in [3.8, 4) is 0 Å². The molecule has 2 bridgehead atoms. The van der Waals surface area contributed by atoms with Gasteiger partial charge in [-0.15, -0.1) is 0 Å². The largest absolute Gasteiger partial charge is 0.122 e. The van der Waals surface area contributed by atoms with Gasteiger partial charge in [-0.3, -0.25) is 0 Å². The molecule has 1 radical (unpaired) electrons. The Kier molecular flexibility index (Phi) is 2.70. The number of rotatable bonds is 1. The Morgan fingerprint density at radius 2 is 1.71 bits per heavy atom. The van der Waals surface area contributed by atoms with Crippen molar-refractivity contribution < 1.29 is 0 Å². The highest BCUT2D eigenvalue weighted by molar-refractivity contribution is 6.42. The van der Waals surface area contributed by atoms with E-state index in [0.717, 1.165) is 5.82 Å². The van der Waals surface area contributed by atoms with Crippen LogP contribution >= 0.6 is 0 Å². The lowest BCUT2D eigenvalue weighted by Gasteiger charge is -2.47. The molecule has 2 aliphatic rings.